The largest absolute Gasteiger partial charge is 0.416 e. The van der Waals surface area contributed by atoms with Crippen molar-refractivity contribution >= 4 is 23.4 Å². The minimum absolute atomic E-state index is 0.428. The molecule has 130 valence electrons. The van der Waals surface area contributed by atoms with Crippen LogP contribution in [0.1, 0.15) is 49.7 Å². The number of thioether (sulfide) groups is 1. The van der Waals surface area contributed by atoms with Crippen LogP contribution in [0.3, 0.4) is 0 Å². The molecule has 0 aliphatic heterocycles. The highest BCUT2D eigenvalue weighted by molar-refractivity contribution is 7.98. The average Bonchev–Trinajstić information content (AvgIpc) is 3.31. The molecule has 0 bridgehead atoms. The van der Waals surface area contributed by atoms with Crippen molar-refractivity contribution in [2.45, 2.75) is 49.0 Å². The summed E-state index contributed by atoms with van der Waals surface area (Å²) in [5, 5.41) is 13.8. The van der Waals surface area contributed by atoms with Crippen LogP contribution in [0.2, 0.25) is 5.02 Å². The fraction of sp³-hybridized carbons (Fsp3) is 0.389. The summed E-state index contributed by atoms with van der Waals surface area (Å²) < 4.78 is 11.2. The number of benzene rings is 1. The predicted octanol–water partition coefficient (Wildman–Crippen LogP) is 5.72. The molecule has 0 spiro atoms. The molecule has 0 amide bonds. The van der Waals surface area contributed by atoms with E-state index in [0.717, 1.165) is 35.7 Å². The smallest absolute Gasteiger partial charge is 0.277 e. The van der Waals surface area contributed by atoms with Crippen LogP contribution >= 0.6 is 23.4 Å². The van der Waals surface area contributed by atoms with Crippen LogP contribution in [0.25, 0.3) is 11.3 Å². The second kappa shape index (κ2) is 7.62. The summed E-state index contributed by atoms with van der Waals surface area (Å²) >= 11 is 7.38. The van der Waals surface area contributed by atoms with Gasteiger partial charge in [0, 0.05) is 22.6 Å². The van der Waals surface area contributed by atoms with Crippen LogP contribution in [0.4, 0.5) is 0 Å². The van der Waals surface area contributed by atoms with E-state index >= 15 is 0 Å². The quantitative estimate of drug-likeness (QED) is 0.531. The van der Waals surface area contributed by atoms with Crippen LogP contribution in [-0.4, -0.2) is 15.4 Å². The fourth-order valence-electron chi connectivity index (χ4n) is 3.06. The molecule has 0 atom stereocenters. The van der Waals surface area contributed by atoms with Gasteiger partial charge in [-0.1, -0.05) is 59.9 Å². The molecule has 0 saturated heterocycles. The molecule has 0 radical (unpaired) electrons. The summed E-state index contributed by atoms with van der Waals surface area (Å²) in [5.74, 6) is 2.58. The third-order valence-corrected chi connectivity index (χ3v) is 5.51. The van der Waals surface area contributed by atoms with Gasteiger partial charge in [0.25, 0.3) is 5.22 Å². The molecule has 1 aromatic carbocycles. The zero-order chi connectivity index (χ0) is 17.1. The lowest BCUT2D eigenvalue weighted by Crippen LogP contribution is -2.04. The molecule has 1 saturated carbocycles. The topological polar surface area (TPSA) is 65.0 Å². The fourth-order valence-corrected chi connectivity index (χ4v) is 3.83. The molecule has 7 heteroatoms. The van der Waals surface area contributed by atoms with Crippen molar-refractivity contribution < 1.29 is 8.94 Å². The Labute approximate surface area is 155 Å². The van der Waals surface area contributed by atoms with Gasteiger partial charge >= 0.3 is 0 Å². The standard InChI is InChI=1S/C18H18ClN3O2S/c19-14-8-6-12(7-9-14)16-10-15(24-22-16)11-25-18-21-20-17(23-18)13-4-2-1-3-5-13/h6-10,13H,1-5,11H2. The molecule has 25 heavy (non-hydrogen) atoms. The van der Waals surface area contributed by atoms with E-state index in [-0.39, 0.29) is 0 Å². The van der Waals surface area contributed by atoms with Crippen molar-refractivity contribution in [1.29, 1.82) is 0 Å². The molecular formula is C18H18ClN3O2S. The molecule has 1 aliphatic rings. The summed E-state index contributed by atoms with van der Waals surface area (Å²) in [6, 6.07) is 9.45. The van der Waals surface area contributed by atoms with E-state index in [4.69, 9.17) is 20.5 Å². The second-order valence-electron chi connectivity index (χ2n) is 6.22. The molecule has 1 aliphatic carbocycles. The maximum Gasteiger partial charge on any atom is 0.277 e. The zero-order valence-electron chi connectivity index (χ0n) is 13.7. The maximum absolute atomic E-state index is 5.91. The number of hydrogen-bond acceptors (Lipinski definition) is 6. The van der Waals surface area contributed by atoms with Crippen molar-refractivity contribution in [1.82, 2.24) is 15.4 Å². The van der Waals surface area contributed by atoms with Gasteiger partial charge in [0.15, 0.2) is 0 Å². The molecular weight excluding hydrogens is 358 g/mol. The highest BCUT2D eigenvalue weighted by atomic mass is 35.5. The lowest BCUT2D eigenvalue weighted by atomic mass is 9.89. The van der Waals surface area contributed by atoms with Gasteiger partial charge in [0.2, 0.25) is 5.89 Å². The van der Waals surface area contributed by atoms with Gasteiger partial charge in [-0.3, -0.25) is 0 Å². The van der Waals surface area contributed by atoms with Gasteiger partial charge in [0.1, 0.15) is 11.5 Å². The number of nitrogens with zero attached hydrogens (tertiary/aromatic N) is 3. The lowest BCUT2D eigenvalue weighted by molar-refractivity contribution is 0.334. The third-order valence-electron chi connectivity index (χ3n) is 4.41. The Morgan fingerprint density at radius 1 is 1.08 bits per heavy atom. The molecule has 5 nitrogen and oxygen atoms in total. The first-order chi connectivity index (χ1) is 12.3. The molecule has 4 rings (SSSR count). The van der Waals surface area contributed by atoms with E-state index in [1.807, 2.05) is 30.3 Å². The Morgan fingerprint density at radius 2 is 1.88 bits per heavy atom. The van der Waals surface area contributed by atoms with Crippen molar-refractivity contribution in [3.8, 4) is 11.3 Å². The molecule has 0 N–H and O–H groups in total. The van der Waals surface area contributed by atoms with Crippen LogP contribution in [-0.2, 0) is 5.75 Å². The summed E-state index contributed by atoms with van der Waals surface area (Å²) in [7, 11) is 0. The number of rotatable bonds is 5. The van der Waals surface area contributed by atoms with Gasteiger partial charge in [-0.15, -0.1) is 10.2 Å². The molecule has 1 fully saturated rings. The Bertz CT molecular complexity index is 825. The molecule has 0 unspecified atom stereocenters. The molecule has 3 aromatic rings. The summed E-state index contributed by atoms with van der Waals surface area (Å²) in [4.78, 5) is 0. The monoisotopic (exact) mass is 375 g/mol. The van der Waals surface area contributed by atoms with Crippen molar-refractivity contribution in [2.24, 2.45) is 0 Å². The first kappa shape index (κ1) is 16.7. The van der Waals surface area contributed by atoms with E-state index < -0.39 is 0 Å². The van der Waals surface area contributed by atoms with E-state index in [1.165, 1.54) is 31.0 Å². The van der Waals surface area contributed by atoms with Gasteiger partial charge in [-0.2, -0.15) is 0 Å². The summed E-state index contributed by atoms with van der Waals surface area (Å²) in [6.45, 7) is 0. The van der Waals surface area contributed by atoms with Crippen LogP contribution in [0.15, 0.2) is 44.5 Å². The third kappa shape index (κ3) is 4.07. The minimum Gasteiger partial charge on any atom is -0.416 e. The van der Waals surface area contributed by atoms with Gasteiger partial charge in [-0.05, 0) is 25.0 Å². The van der Waals surface area contributed by atoms with Crippen LogP contribution in [0.5, 0.6) is 0 Å². The van der Waals surface area contributed by atoms with Crippen molar-refractivity contribution in [3.63, 3.8) is 0 Å². The predicted molar refractivity (Wildman–Crippen MR) is 96.6 cm³/mol. The van der Waals surface area contributed by atoms with E-state index in [1.54, 1.807) is 0 Å². The number of halogens is 1. The molecule has 2 heterocycles. The minimum atomic E-state index is 0.428. The summed E-state index contributed by atoms with van der Waals surface area (Å²) in [5.41, 5.74) is 1.77. The van der Waals surface area contributed by atoms with E-state index in [2.05, 4.69) is 15.4 Å². The SMILES string of the molecule is Clc1ccc(-c2cc(CSc3nnc(C4CCCCC4)o3)on2)cc1. The first-order valence-electron chi connectivity index (χ1n) is 8.45. The normalized spacial score (nSPS) is 15.6. The van der Waals surface area contributed by atoms with Gasteiger partial charge < -0.3 is 8.94 Å². The Hall–Kier alpha value is -1.79. The lowest BCUT2D eigenvalue weighted by Gasteiger charge is -2.17. The van der Waals surface area contributed by atoms with Gasteiger partial charge in [-0.25, -0.2) is 0 Å². The van der Waals surface area contributed by atoms with Gasteiger partial charge in [0.05, 0.1) is 5.75 Å². The van der Waals surface area contributed by atoms with Crippen LogP contribution < -0.4 is 0 Å². The van der Waals surface area contributed by atoms with Crippen LogP contribution in [0, 0.1) is 0 Å². The average molecular weight is 376 g/mol. The van der Waals surface area contributed by atoms with Crippen molar-refractivity contribution in [2.75, 3.05) is 0 Å². The highest BCUT2D eigenvalue weighted by Crippen LogP contribution is 2.33. The Balaban J connectivity index is 1.37. The maximum atomic E-state index is 5.91. The Morgan fingerprint density at radius 3 is 2.68 bits per heavy atom. The molecule has 2 aromatic heterocycles. The second-order valence-corrected chi connectivity index (χ2v) is 7.58. The van der Waals surface area contributed by atoms with Crippen molar-refractivity contribution in [3.05, 3.63) is 47.0 Å². The first-order valence-corrected chi connectivity index (χ1v) is 9.82. The summed E-state index contributed by atoms with van der Waals surface area (Å²) in [6.07, 6.45) is 6.12. The van der Waals surface area contributed by atoms with E-state index in [0.29, 0.717) is 21.9 Å². The highest BCUT2D eigenvalue weighted by Gasteiger charge is 2.21. The number of aromatic nitrogens is 3. The zero-order valence-corrected chi connectivity index (χ0v) is 15.2. The van der Waals surface area contributed by atoms with E-state index in [9.17, 15) is 0 Å². The Kier molecular flexibility index (Phi) is 5.08. The number of hydrogen-bond donors (Lipinski definition) is 0.